The van der Waals surface area contributed by atoms with Crippen molar-refractivity contribution in [2.75, 3.05) is 6.54 Å². The Morgan fingerprint density at radius 3 is 2.00 bits per heavy atom. The van der Waals surface area contributed by atoms with Crippen LogP contribution in [-0.4, -0.2) is 34.3 Å². The number of carbonyl (C=O) groups is 3. The number of carboxylic acid groups (broad SMARTS) is 1. The van der Waals surface area contributed by atoms with E-state index in [2.05, 4.69) is 0 Å². The summed E-state index contributed by atoms with van der Waals surface area (Å²) in [4.78, 5) is 37.2. The summed E-state index contributed by atoms with van der Waals surface area (Å²) in [5, 5.41) is 9.05. The molecular formula is C16H23NO4. The molecule has 3 fully saturated rings. The van der Waals surface area contributed by atoms with Crippen molar-refractivity contribution in [1.29, 1.82) is 0 Å². The van der Waals surface area contributed by atoms with E-state index in [0.717, 1.165) is 44.9 Å². The number of likely N-dealkylation sites (tertiary alicyclic amines) is 1. The topological polar surface area (TPSA) is 74.7 Å². The number of hydrogen-bond donors (Lipinski definition) is 1. The van der Waals surface area contributed by atoms with Crippen LogP contribution in [0.4, 0.5) is 0 Å². The van der Waals surface area contributed by atoms with Crippen LogP contribution >= 0.6 is 0 Å². The fourth-order valence-corrected chi connectivity index (χ4v) is 4.41. The molecule has 0 aromatic heterocycles. The summed E-state index contributed by atoms with van der Waals surface area (Å²) < 4.78 is 0. The van der Waals surface area contributed by atoms with E-state index in [4.69, 9.17) is 5.11 Å². The zero-order valence-electron chi connectivity index (χ0n) is 12.4. The summed E-state index contributed by atoms with van der Waals surface area (Å²) in [6.07, 6.45) is 7.82. The number of nitrogens with zero attached hydrogens (tertiary/aromatic N) is 1. The molecule has 3 aliphatic rings. The largest absolute Gasteiger partial charge is 0.481 e. The van der Waals surface area contributed by atoms with Gasteiger partial charge in [0.1, 0.15) is 0 Å². The summed E-state index contributed by atoms with van der Waals surface area (Å²) >= 11 is 0. The van der Waals surface area contributed by atoms with Crippen molar-refractivity contribution in [2.24, 2.45) is 10.8 Å². The molecule has 0 unspecified atom stereocenters. The Labute approximate surface area is 124 Å². The van der Waals surface area contributed by atoms with Crippen molar-refractivity contribution in [3.8, 4) is 0 Å². The van der Waals surface area contributed by atoms with Crippen LogP contribution < -0.4 is 0 Å². The molecule has 1 saturated heterocycles. The van der Waals surface area contributed by atoms with E-state index in [1.807, 2.05) is 0 Å². The van der Waals surface area contributed by atoms with Gasteiger partial charge >= 0.3 is 5.97 Å². The fraction of sp³-hybridized carbons (Fsp3) is 0.812. The molecule has 1 spiro atoms. The van der Waals surface area contributed by atoms with Crippen LogP contribution in [0, 0.1) is 10.8 Å². The highest BCUT2D eigenvalue weighted by atomic mass is 16.4. The molecule has 0 aromatic rings. The highest BCUT2D eigenvalue weighted by Crippen LogP contribution is 2.49. The minimum atomic E-state index is -0.834. The lowest BCUT2D eigenvalue weighted by Gasteiger charge is -2.46. The minimum absolute atomic E-state index is 0.0647. The van der Waals surface area contributed by atoms with Gasteiger partial charge in [-0.25, -0.2) is 0 Å². The van der Waals surface area contributed by atoms with Gasteiger partial charge in [-0.15, -0.1) is 0 Å². The first-order valence-corrected chi connectivity index (χ1v) is 7.99. The Morgan fingerprint density at radius 1 is 1.00 bits per heavy atom. The van der Waals surface area contributed by atoms with Crippen LogP contribution in [0.25, 0.3) is 0 Å². The molecule has 0 atom stereocenters. The van der Waals surface area contributed by atoms with E-state index < -0.39 is 5.97 Å². The predicted octanol–water partition coefficient (Wildman–Crippen LogP) is 2.34. The number of amides is 2. The van der Waals surface area contributed by atoms with Crippen molar-refractivity contribution in [2.45, 2.75) is 64.2 Å². The normalized spacial score (nSPS) is 27.0. The van der Waals surface area contributed by atoms with E-state index in [1.165, 1.54) is 4.90 Å². The average Bonchev–Trinajstić information content (AvgIpc) is 2.78. The highest BCUT2D eigenvalue weighted by molar-refractivity contribution is 5.98. The first kappa shape index (κ1) is 14.5. The van der Waals surface area contributed by atoms with Crippen LogP contribution in [0.15, 0.2) is 0 Å². The molecule has 5 nitrogen and oxygen atoms in total. The summed E-state index contributed by atoms with van der Waals surface area (Å²) in [6, 6.07) is 0. The van der Waals surface area contributed by atoms with E-state index in [1.54, 1.807) is 0 Å². The third-order valence-corrected chi connectivity index (χ3v) is 5.75. The molecule has 1 aliphatic heterocycles. The Bertz CT molecular complexity index is 455. The van der Waals surface area contributed by atoms with Crippen LogP contribution in [0.1, 0.15) is 64.2 Å². The zero-order valence-corrected chi connectivity index (χ0v) is 12.4. The Kier molecular flexibility index (Phi) is 3.54. The Morgan fingerprint density at radius 2 is 1.57 bits per heavy atom. The molecule has 116 valence electrons. The molecule has 2 aliphatic carbocycles. The quantitative estimate of drug-likeness (QED) is 0.807. The number of piperidine rings is 1. The van der Waals surface area contributed by atoms with Crippen molar-refractivity contribution in [3.05, 3.63) is 0 Å². The van der Waals surface area contributed by atoms with E-state index in [-0.39, 0.29) is 29.1 Å². The lowest BCUT2D eigenvalue weighted by Crippen LogP contribution is -2.53. The van der Waals surface area contributed by atoms with Gasteiger partial charge in [-0.1, -0.05) is 19.3 Å². The van der Waals surface area contributed by atoms with Crippen LogP contribution in [0.5, 0.6) is 0 Å². The molecule has 1 N–H and O–H groups in total. The maximum atomic E-state index is 12.4. The average molecular weight is 293 g/mol. The first-order chi connectivity index (χ1) is 9.94. The SMILES string of the molecule is O=C(O)CC1(CN2C(=O)CC3(CCCC3)CC2=O)CCC1. The number of aliphatic carboxylic acids is 1. The molecule has 0 radical (unpaired) electrons. The van der Waals surface area contributed by atoms with Crippen LogP contribution in [-0.2, 0) is 14.4 Å². The monoisotopic (exact) mass is 293 g/mol. The molecule has 0 bridgehead atoms. The Balaban J connectivity index is 1.70. The number of hydrogen-bond acceptors (Lipinski definition) is 3. The van der Waals surface area contributed by atoms with Crippen LogP contribution in [0.3, 0.4) is 0 Å². The van der Waals surface area contributed by atoms with Crippen LogP contribution in [0.2, 0.25) is 0 Å². The van der Waals surface area contributed by atoms with Crippen molar-refractivity contribution >= 4 is 17.8 Å². The highest BCUT2D eigenvalue weighted by Gasteiger charge is 2.48. The number of imide groups is 1. The molecule has 21 heavy (non-hydrogen) atoms. The second kappa shape index (κ2) is 5.11. The van der Waals surface area contributed by atoms with Gasteiger partial charge in [-0.2, -0.15) is 0 Å². The van der Waals surface area contributed by atoms with Gasteiger partial charge in [-0.05, 0) is 36.5 Å². The van der Waals surface area contributed by atoms with Gasteiger partial charge in [0, 0.05) is 19.4 Å². The summed E-state index contributed by atoms with van der Waals surface area (Å²) in [6.45, 7) is 0.313. The molecule has 1 heterocycles. The molecule has 0 aromatic carbocycles. The fourth-order valence-electron chi connectivity index (χ4n) is 4.41. The first-order valence-electron chi connectivity index (χ1n) is 7.99. The number of rotatable bonds is 4. The second-order valence-electron chi connectivity index (χ2n) is 7.36. The lowest BCUT2D eigenvalue weighted by atomic mass is 9.65. The van der Waals surface area contributed by atoms with Gasteiger partial charge in [-0.3, -0.25) is 19.3 Å². The maximum Gasteiger partial charge on any atom is 0.303 e. The van der Waals surface area contributed by atoms with E-state index in [0.29, 0.717) is 19.4 Å². The van der Waals surface area contributed by atoms with Gasteiger partial charge in [0.05, 0.1) is 6.42 Å². The van der Waals surface area contributed by atoms with Crippen molar-refractivity contribution < 1.29 is 19.5 Å². The molecule has 2 amide bonds. The predicted molar refractivity (Wildman–Crippen MR) is 75.4 cm³/mol. The van der Waals surface area contributed by atoms with Crippen molar-refractivity contribution in [1.82, 2.24) is 4.90 Å². The minimum Gasteiger partial charge on any atom is -0.481 e. The maximum absolute atomic E-state index is 12.4. The lowest BCUT2D eigenvalue weighted by molar-refractivity contribution is -0.159. The van der Waals surface area contributed by atoms with E-state index >= 15 is 0 Å². The standard InChI is InChI=1S/C16H23NO4/c18-12-8-15(4-1-2-5-15)9-13(19)17(12)11-16(6-3-7-16)10-14(20)21/h1-11H2,(H,20,21). The number of carbonyl (C=O) groups excluding carboxylic acids is 2. The number of carboxylic acids is 1. The van der Waals surface area contributed by atoms with Crippen molar-refractivity contribution in [3.63, 3.8) is 0 Å². The van der Waals surface area contributed by atoms with Gasteiger partial charge in [0.15, 0.2) is 0 Å². The summed E-state index contributed by atoms with van der Waals surface area (Å²) in [5.74, 6) is -0.992. The zero-order chi connectivity index (χ0) is 15.1. The smallest absolute Gasteiger partial charge is 0.303 e. The third kappa shape index (κ3) is 2.70. The molecule has 2 saturated carbocycles. The second-order valence-corrected chi connectivity index (χ2v) is 7.36. The third-order valence-electron chi connectivity index (χ3n) is 5.75. The Hall–Kier alpha value is -1.39. The van der Waals surface area contributed by atoms with Gasteiger partial charge in [0.25, 0.3) is 0 Å². The molecular weight excluding hydrogens is 270 g/mol. The van der Waals surface area contributed by atoms with Gasteiger partial charge < -0.3 is 5.11 Å². The van der Waals surface area contributed by atoms with Gasteiger partial charge in [0.2, 0.25) is 11.8 Å². The molecule has 5 heteroatoms. The summed E-state index contributed by atoms with van der Waals surface area (Å²) in [5.41, 5.74) is -0.443. The summed E-state index contributed by atoms with van der Waals surface area (Å²) in [7, 11) is 0. The molecule has 3 rings (SSSR count). The van der Waals surface area contributed by atoms with E-state index in [9.17, 15) is 14.4 Å².